The summed E-state index contributed by atoms with van der Waals surface area (Å²) in [5.41, 5.74) is -0.169. The average molecular weight is 208 g/mol. The molecule has 0 aromatic carbocycles. The predicted molar refractivity (Wildman–Crippen MR) is 46.6 cm³/mol. The Hall–Kier alpha value is -2.31. The third-order valence-corrected chi connectivity index (χ3v) is 1.95. The molecule has 0 spiro atoms. The number of carbonyl (C=O) groups excluding carboxylic acids is 2. The lowest BCUT2D eigenvalue weighted by Crippen LogP contribution is -2.32. The van der Waals surface area contributed by atoms with Crippen LogP contribution in [0, 0.1) is 16.0 Å². The molecule has 0 fully saturated rings. The maximum atomic E-state index is 11.1. The highest BCUT2D eigenvalue weighted by molar-refractivity contribution is 6.18. The van der Waals surface area contributed by atoms with Crippen LogP contribution in [0.2, 0.25) is 0 Å². The van der Waals surface area contributed by atoms with E-state index in [1.54, 1.807) is 0 Å². The minimum absolute atomic E-state index is 0.0467. The smallest absolute Gasteiger partial charge is 0.374 e. The van der Waals surface area contributed by atoms with E-state index >= 15 is 0 Å². The van der Waals surface area contributed by atoms with Gasteiger partial charge in [-0.05, 0) is 0 Å². The van der Waals surface area contributed by atoms with Gasteiger partial charge in [0.15, 0.2) is 0 Å². The molecule has 15 heavy (non-hydrogen) atoms. The molecule has 1 aliphatic carbocycles. The lowest BCUT2D eigenvalue weighted by Gasteiger charge is -2.17. The molecule has 76 valence electrons. The van der Waals surface area contributed by atoms with Crippen molar-refractivity contribution in [2.75, 3.05) is 0 Å². The lowest BCUT2D eigenvalue weighted by molar-refractivity contribution is -0.419. The Bertz CT molecular complexity index is 460. The average Bonchev–Trinajstić information content (AvgIpc) is 2.16. The second-order valence-corrected chi connectivity index (χ2v) is 2.89. The minimum atomic E-state index is -1.04. The molecule has 0 saturated carbocycles. The maximum Gasteiger partial charge on any atom is 0.441 e. The van der Waals surface area contributed by atoms with Gasteiger partial charge in [0.05, 0.1) is 10.6 Å². The van der Waals surface area contributed by atoms with Crippen LogP contribution in [0.25, 0.3) is 0 Å². The van der Waals surface area contributed by atoms with Gasteiger partial charge in [-0.1, -0.05) is 6.08 Å². The number of nitro groups is 1. The summed E-state index contributed by atoms with van der Waals surface area (Å²) in [6.07, 6.45) is 2.51. The summed E-state index contributed by atoms with van der Waals surface area (Å²) < 4.78 is 4.24. The van der Waals surface area contributed by atoms with Crippen molar-refractivity contribution < 1.29 is 19.2 Å². The number of hydrogen-bond donors (Lipinski definition) is 0. The van der Waals surface area contributed by atoms with E-state index in [4.69, 9.17) is 0 Å². The Labute approximate surface area is 82.9 Å². The summed E-state index contributed by atoms with van der Waals surface area (Å²) in [4.78, 5) is 35.1. The SMILES string of the molecule is O=C1N=C2C=C([N+](=O)[O-])C=CC2C(=O)O1. The van der Waals surface area contributed by atoms with Crippen molar-refractivity contribution >= 4 is 17.8 Å². The largest absolute Gasteiger partial charge is 0.441 e. The highest BCUT2D eigenvalue weighted by Gasteiger charge is 2.33. The number of fused-ring (bicyclic) bond motifs is 1. The van der Waals surface area contributed by atoms with E-state index in [1.807, 2.05) is 0 Å². The highest BCUT2D eigenvalue weighted by atomic mass is 16.6. The van der Waals surface area contributed by atoms with Crippen molar-refractivity contribution in [3.05, 3.63) is 34.0 Å². The van der Waals surface area contributed by atoms with Gasteiger partial charge in [-0.3, -0.25) is 14.9 Å². The van der Waals surface area contributed by atoms with E-state index in [9.17, 15) is 19.7 Å². The summed E-state index contributed by atoms with van der Waals surface area (Å²) in [7, 11) is 0. The number of amides is 1. The normalized spacial score (nSPS) is 23.9. The molecule has 7 nitrogen and oxygen atoms in total. The number of ether oxygens (including phenoxy) is 1. The molecule has 0 N–H and O–H groups in total. The van der Waals surface area contributed by atoms with Gasteiger partial charge in [0.2, 0.25) is 0 Å². The minimum Gasteiger partial charge on any atom is -0.374 e. The number of allylic oxidation sites excluding steroid dienone is 2. The van der Waals surface area contributed by atoms with Crippen LogP contribution in [-0.4, -0.2) is 22.7 Å². The van der Waals surface area contributed by atoms with Crippen LogP contribution in [0.4, 0.5) is 4.79 Å². The highest BCUT2D eigenvalue weighted by Crippen LogP contribution is 2.20. The molecule has 0 bridgehead atoms. The Morgan fingerprint density at radius 2 is 2.20 bits per heavy atom. The van der Waals surface area contributed by atoms with Gasteiger partial charge in [-0.15, -0.1) is 0 Å². The Kier molecular flexibility index (Phi) is 1.93. The number of cyclic esters (lactones) is 2. The Morgan fingerprint density at radius 3 is 2.87 bits per heavy atom. The zero-order valence-corrected chi connectivity index (χ0v) is 7.25. The molecular weight excluding hydrogens is 204 g/mol. The van der Waals surface area contributed by atoms with Crippen molar-refractivity contribution in [1.82, 2.24) is 0 Å². The molecule has 1 amide bonds. The number of rotatable bonds is 1. The van der Waals surface area contributed by atoms with Crippen molar-refractivity contribution in [1.29, 1.82) is 0 Å². The first-order valence-corrected chi connectivity index (χ1v) is 3.96. The number of aliphatic imine (C=N–C) groups is 1. The fourth-order valence-electron chi connectivity index (χ4n) is 1.28. The Balaban J connectivity index is 2.43. The number of nitrogens with zero attached hydrogens (tertiary/aromatic N) is 2. The molecular formula is C8H4N2O5. The molecule has 1 aliphatic heterocycles. The van der Waals surface area contributed by atoms with Crippen molar-refractivity contribution in [2.24, 2.45) is 10.9 Å². The van der Waals surface area contributed by atoms with Crippen LogP contribution in [0.1, 0.15) is 0 Å². The summed E-state index contributed by atoms with van der Waals surface area (Å²) in [6.45, 7) is 0. The monoisotopic (exact) mass is 208 g/mol. The zero-order chi connectivity index (χ0) is 11.0. The Morgan fingerprint density at radius 1 is 1.47 bits per heavy atom. The summed E-state index contributed by atoms with van der Waals surface area (Å²) in [5, 5.41) is 10.4. The third-order valence-electron chi connectivity index (χ3n) is 1.95. The van der Waals surface area contributed by atoms with E-state index in [-0.39, 0.29) is 11.4 Å². The second-order valence-electron chi connectivity index (χ2n) is 2.89. The molecule has 7 heteroatoms. The van der Waals surface area contributed by atoms with Gasteiger partial charge in [0.1, 0.15) is 5.92 Å². The van der Waals surface area contributed by atoms with E-state index in [0.717, 1.165) is 6.08 Å². The van der Waals surface area contributed by atoms with Gasteiger partial charge in [-0.2, -0.15) is 4.99 Å². The van der Waals surface area contributed by atoms with E-state index in [0.29, 0.717) is 0 Å². The molecule has 0 saturated heterocycles. The molecule has 2 rings (SSSR count). The van der Waals surface area contributed by atoms with Crippen LogP contribution in [0.3, 0.4) is 0 Å². The summed E-state index contributed by atoms with van der Waals surface area (Å²) in [5.74, 6) is -1.58. The molecule has 0 aromatic heterocycles. The fourth-order valence-corrected chi connectivity index (χ4v) is 1.28. The molecule has 1 unspecified atom stereocenters. The summed E-state index contributed by atoms with van der Waals surface area (Å²) in [6, 6.07) is 0. The van der Waals surface area contributed by atoms with Gasteiger partial charge < -0.3 is 4.74 Å². The van der Waals surface area contributed by atoms with Crippen LogP contribution in [-0.2, 0) is 9.53 Å². The quantitative estimate of drug-likeness (QED) is 0.269. The van der Waals surface area contributed by atoms with Gasteiger partial charge in [-0.25, -0.2) is 4.79 Å². The van der Waals surface area contributed by atoms with Gasteiger partial charge in [0, 0.05) is 12.2 Å². The van der Waals surface area contributed by atoms with Gasteiger partial charge >= 0.3 is 12.1 Å². The van der Waals surface area contributed by atoms with Crippen LogP contribution < -0.4 is 0 Å². The first-order chi connectivity index (χ1) is 7.08. The number of hydrogen-bond acceptors (Lipinski definition) is 5. The third kappa shape index (κ3) is 1.54. The van der Waals surface area contributed by atoms with Crippen molar-refractivity contribution in [2.45, 2.75) is 0 Å². The lowest BCUT2D eigenvalue weighted by atomic mass is 9.96. The van der Waals surface area contributed by atoms with Crippen LogP contribution in [0.5, 0.6) is 0 Å². The molecule has 0 radical (unpaired) electrons. The van der Waals surface area contributed by atoms with Gasteiger partial charge in [0.25, 0.3) is 5.70 Å². The topological polar surface area (TPSA) is 98.9 Å². The number of esters is 1. The van der Waals surface area contributed by atoms with Crippen molar-refractivity contribution in [3.8, 4) is 0 Å². The zero-order valence-electron chi connectivity index (χ0n) is 7.25. The van der Waals surface area contributed by atoms with E-state index in [1.165, 1.54) is 12.2 Å². The van der Waals surface area contributed by atoms with Crippen LogP contribution >= 0.6 is 0 Å². The number of carbonyl (C=O) groups is 2. The van der Waals surface area contributed by atoms with E-state index < -0.39 is 22.9 Å². The first kappa shape index (κ1) is 9.25. The molecule has 0 aromatic rings. The molecule has 1 heterocycles. The van der Waals surface area contributed by atoms with Crippen molar-refractivity contribution in [3.63, 3.8) is 0 Å². The second kappa shape index (κ2) is 3.12. The fraction of sp³-hybridized carbons (Fsp3) is 0.125. The molecule has 1 atom stereocenters. The first-order valence-electron chi connectivity index (χ1n) is 3.96. The standard InChI is InChI=1S/C8H4N2O5/c11-7-5-2-1-4(10(13)14)3-6(5)9-8(12)15-7/h1-3,5H. The predicted octanol–water partition coefficient (Wildman–Crippen LogP) is 0.451. The van der Waals surface area contributed by atoms with E-state index in [2.05, 4.69) is 9.73 Å². The molecule has 2 aliphatic rings. The summed E-state index contributed by atoms with van der Waals surface area (Å²) >= 11 is 0. The van der Waals surface area contributed by atoms with Crippen LogP contribution in [0.15, 0.2) is 28.9 Å². The maximum absolute atomic E-state index is 11.1.